The highest BCUT2D eigenvalue weighted by molar-refractivity contribution is 5.22. The van der Waals surface area contributed by atoms with Gasteiger partial charge < -0.3 is 0 Å². The minimum absolute atomic E-state index is 0.638. The monoisotopic (exact) mass is 227 g/mol. The van der Waals surface area contributed by atoms with E-state index in [1.807, 2.05) is 0 Å². The van der Waals surface area contributed by atoms with E-state index < -0.39 is 0 Å². The number of hydrogen-bond donors (Lipinski definition) is 1. The molecule has 0 unspecified atom stereocenters. The molecule has 17 heavy (non-hydrogen) atoms. The molecule has 1 aliphatic rings. The van der Waals surface area contributed by atoms with Crippen LogP contribution in [0.5, 0.6) is 0 Å². The quantitative estimate of drug-likeness (QED) is 0.872. The average molecular weight is 227 g/mol. The largest absolute Gasteiger partial charge is 0.263 e. The van der Waals surface area contributed by atoms with Crippen LogP contribution >= 0.6 is 0 Å². The summed E-state index contributed by atoms with van der Waals surface area (Å²) in [5, 5.41) is 7.32. The van der Waals surface area contributed by atoms with Crippen molar-refractivity contribution < 1.29 is 0 Å². The third-order valence-electron chi connectivity index (χ3n) is 3.22. The van der Waals surface area contributed by atoms with E-state index in [2.05, 4.69) is 46.4 Å². The van der Waals surface area contributed by atoms with Crippen molar-refractivity contribution in [2.45, 2.75) is 38.5 Å². The molecule has 1 aromatic heterocycles. The molecule has 0 spiro atoms. The van der Waals surface area contributed by atoms with Crippen LogP contribution in [0.3, 0.4) is 0 Å². The second kappa shape index (κ2) is 4.32. The lowest BCUT2D eigenvalue weighted by atomic mass is 10.1. The van der Waals surface area contributed by atoms with E-state index in [1.165, 1.54) is 24.0 Å². The first-order chi connectivity index (χ1) is 8.31. The Morgan fingerprint density at radius 1 is 1.29 bits per heavy atom. The number of aromatic nitrogens is 3. The van der Waals surface area contributed by atoms with E-state index in [1.54, 1.807) is 0 Å². The Hall–Kier alpha value is -1.64. The number of nitrogens with one attached hydrogen (secondary N) is 1. The normalized spacial score (nSPS) is 15.1. The van der Waals surface area contributed by atoms with Crippen molar-refractivity contribution in [3.05, 3.63) is 47.0 Å². The van der Waals surface area contributed by atoms with Gasteiger partial charge in [0.25, 0.3) is 0 Å². The van der Waals surface area contributed by atoms with Gasteiger partial charge in [-0.1, -0.05) is 29.8 Å². The summed E-state index contributed by atoms with van der Waals surface area (Å²) in [6.07, 6.45) is 4.49. The minimum atomic E-state index is 0.638. The molecule has 1 fully saturated rings. The average Bonchev–Trinajstić information content (AvgIpc) is 3.07. The van der Waals surface area contributed by atoms with E-state index >= 15 is 0 Å². The highest BCUT2D eigenvalue weighted by Gasteiger charge is 2.27. The predicted octanol–water partition coefficient (Wildman–Crippen LogP) is 2.78. The maximum absolute atomic E-state index is 4.54. The fourth-order valence-corrected chi connectivity index (χ4v) is 2.08. The standard InChI is InChI=1S/C14H17N3/c1-10-3-2-4-11(9-10)5-8-13-15-14(17-16-13)12-6-7-12/h2-4,9,12H,5-8H2,1H3,(H,15,16,17). The molecule has 88 valence electrons. The lowest BCUT2D eigenvalue weighted by Gasteiger charge is -2.00. The van der Waals surface area contributed by atoms with Crippen LogP contribution in [0.1, 0.15) is 41.5 Å². The van der Waals surface area contributed by atoms with Crippen molar-refractivity contribution in [3.63, 3.8) is 0 Å². The first-order valence-corrected chi connectivity index (χ1v) is 6.28. The molecular formula is C14H17N3. The lowest BCUT2D eigenvalue weighted by molar-refractivity contribution is 0.864. The van der Waals surface area contributed by atoms with Gasteiger partial charge in [-0.25, -0.2) is 4.98 Å². The van der Waals surface area contributed by atoms with E-state index in [-0.39, 0.29) is 0 Å². The Morgan fingerprint density at radius 3 is 2.94 bits per heavy atom. The van der Waals surface area contributed by atoms with Gasteiger partial charge in [0.2, 0.25) is 0 Å². The van der Waals surface area contributed by atoms with Crippen LogP contribution in [0.4, 0.5) is 0 Å². The van der Waals surface area contributed by atoms with Crippen LogP contribution in [-0.2, 0) is 12.8 Å². The maximum atomic E-state index is 4.54. The predicted molar refractivity (Wildman–Crippen MR) is 66.9 cm³/mol. The lowest BCUT2D eigenvalue weighted by Crippen LogP contribution is -1.94. The summed E-state index contributed by atoms with van der Waals surface area (Å²) in [6.45, 7) is 2.13. The van der Waals surface area contributed by atoms with Gasteiger partial charge in [0.15, 0.2) is 5.82 Å². The molecule has 0 saturated heterocycles. The van der Waals surface area contributed by atoms with Crippen molar-refractivity contribution in [2.24, 2.45) is 0 Å². The van der Waals surface area contributed by atoms with Gasteiger partial charge >= 0.3 is 0 Å². The van der Waals surface area contributed by atoms with Gasteiger partial charge in [-0.2, -0.15) is 5.10 Å². The van der Waals surface area contributed by atoms with Crippen LogP contribution in [0, 0.1) is 6.92 Å². The molecule has 0 radical (unpaired) electrons. The molecular weight excluding hydrogens is 210 g/mol. The summed E-state index contributed by atoms with van der Waals surface area (Å²) in [4.78, 5) is 4.54. The smallest absolute Gasteiger partial charge is 0.153 e. The summed E-state index contributed by atoms with van der Waals surface area (Å²) in [5.74, 6) is 2.68. The third kappa shape index (κ3) is 2.54. The molecule has 0 aliphatic heterocycles. The first-order valence-electron chi connectivity index (χ1n) is 6.28. The summed E-state index contributed by atoms with van der Waals surface area (Å²) >= 11 is 0. The van der Waals surface area contributed by atoms with Crippen molar-refractivity contribution in [3.8, 4) is 0 Å². The maximum Gasteiger partial charge on any atom is 0.153 e. The Labute approximate surface area is 101 Å². The SMILES string of the molecule is Cc1cccc(CCc2nc(C3CC3)n[nH]2)c1. The summed E-state index contributed by atoms with van der Waals surface area (Å²) in [5.41, 5.74) is 2.69. The molecule has 0 bridgehead atoms. The third-order valence-corrected chi connectivity index (χ3v) is 3.22. The molecule has 0 amide bonds. The van der Waals surface area contributed by atoms with Gasteiger partial charge in [-0.05, 0) is 31.7 Å². The molecule has 1 N–H and O–H groups in total. The van der Waals surface area contributed by atoms with Crippen molar-refractivity contribution >= 4 is 0 Å². The summed E-state index contributed by atoms with van der Waals surface area (Å²) in [7, 11) is 0. The van der Waals surface area contributed by atoms with Crippen LogP contribution in [0.2, 0.25) is 0 Å². The Bertz CT molecular complexity index is 512. The fourth-order valence-electron chi connectivity index (χ4n) is 2.08. The van der Waals surface area contributed by atoms with Gasteiger partial charge in [0.05, 0.1) is 0 Å². The molecule has 0 atom stereocenters. The van der Waals surface area contributed by atoms with E-state index in [4.69, 9.17) is 0 Å². The molecule has 1 heterocycles. The highest BCUT2D eigenvalue weighted by atomic mass is 15.2. The molecule has 3 heteroatoms. The number of rotatable bonds is 4. The van der Waals surface area contributed by atoms with E-state index in [9.17, 15) is 0 Å². The summed E-state index contributed by atoms with van der Waals surface area (Å²) in [6, 6.07) is 8.65. The van der Waals surface area contributed by atoms with Crippen molar-refractivity contribution in [2.75, 3.05) is 0 Å². The topological polar surface area (TPSA) is 41.6 Å². The second-order valence-corrected chi connectivity index (χ2v) is 4.90. The Kier molecular flexibility index (Phi) is 2.67. The number of aryl methyl sites for hydroxylation is 3. The molecule has 3 nitrogen and oxygen atoms in total. The summed E-state index contributed by atoms with van der Waals surface area (Å²) < 4.78 is 0. The van der Waals surface area contributed by atoms with E-state index in [0.29, 0.717) is 5.92 Å². The van der Waals surface area contributed by atoms with Gasteiger partial charge in [-0.3, -0.25) is 5.10 Å². The van der Waals surface area contributed by atoms with Crippen LogP contribution in [-0.4, -0.2) is 15.2 Å². The number of aromatic amines is 1. The Morgan fingerprint density at radius 2 is 2.18 bits per heavy atom. The fraction of sp³-hybridized carbons (Fsp3) is 0.429. The first kappa shape index (κ1) is 10.5. The minimum Gasteiger partial charge on any atom is -0.263 e. The number of H-pyrrole nitrogens is 1. The highest BCUT2D eigenvalue weighted by Crippen LogP contribution is 2.37. The zero-order valence-corrected chi connectivity index (χ0v) is 10.1. The Balaban J connectivity index is 1.62. The zero-order chi connectivity index (χ0) is 11.7. The van der Waals surface area contributed by atoms with Crippen molar-refractivity contribution in [1.29, 1.82) is 0 Å². The molecule has 2 aromatic rings. The second-order valence-electron chi connectivity index (χ2n) is 4.90. The van der Waals surface area contributed by atoms with Crippen LogP contribution in [0.25, 0.3) is 0 Å². The van der Waals surface area contributed by atoms with E-state index in [0.717, 1.165) is 24.5 Å². The molecule has 1 aromatic carbocycles. The van der Waals surface area contributed by atoms with Gasteiger partial charge in [0, 0.05) is 12.3 Å². The molecule has 1 aliphatic carbocycles. The number of benzene rings is 1. The number of nitrogens with zero attached hydrogens (tertiary/aromatic N) is 2. The molecule has 3 rings (SSSR count). The molecule has 1 saturated carbocycles. The number of hydrogen-bond acceptors (Lipinski definition) is 2. The van der Waals surface area contributed by atoms with Gasteiger partial charge in [0.1, 0.15) is 5.82 Å². The van der Waals surface area contributed by atoms with Crippen molar-refractivity contribution in [1.82, 2.24) is 15.2 Å². The van der Waals surface area contributed by atoms with Crippen LogP contribution < -0.4 is 0 Å². The van der Waals surface area contributed by atoms with Crippen LogP contribution in [0.15, 0.2) is 24.3 Å². The zero-order valence-electron chi connectivity index (χ0n) is 10.1. The van der Waals surface area contributed by atoms with Gasteiger partial charge in [-0.15, -0.1) is 0 Å².